The van der Waals surface area contributed by atoms with Gasteiger partial charge in [-0.15, -0.1) is 11.3 Å². The number of rotatable bonds is 4. The summed E-state index contributed by atoms with van der Waals surface area (Å²) in [5, 5.41) is 14.6. The Morgan fingerprint density at radius 1 is 1.43 bits per heavy atom. The van der Waals surface area contributed by atoms with Gasteiger partial charge in [0, 0.05) is 31.1 Å². The van der Waals surface area contributed by atoms with Crippen LogP contribution in [0, 0.1) is 0 Å². The summed E-state index contributed by atoms with van der Waals surface area (Å²) < 4.78 is 0. The molecular formula is C16H20N4O2S. The van der Waals surface area contributed by atoms with Crippen molar-refractivity contribution in [2.45, 2.75) is 25.4 Å². The lowest BCUT2D eigenvalue weighted by molar-refractivity contribution is 0.0904. The minimum Gasteiger partial charge on any atom is -0.508 e. The van der Waals surface area contributed by atoms with Crippen LogP contribution >= 0.6 is 11.3 Å². The first-order valence-electron chi connectivity index (χ1n) is 7.62. The third kappa shape index (κ3) is 4.20. The van der Waals surface area contributed by atoms with Crippen molar-refractivity contribution >= 4 is 22.4 Å². The van der Waals surface area contributed by atoms with Crippen molar-refractivity contribution in [3.8, 4) is 5.75 Å². The highest BCUT2D eigenvalue weighted by molar-refractivity contribution is 7.13. The van der Waals surface area contributed by atoms with Gasteiger partial charge in [-0.1, -0.05) is 12.1 Å². The number of piperidine rings is 1. The standard InChI is InChI=1S/C16H20N4O2S/c17-16-19-14(10-23-16)15(22)18-12-4-6-20(7-5-12)9-11-2-1-3-13(21)8-11/h1-3,8,10,12,21H,4-7,9H2,(H2,17,19)(H,18,22). The molecule has 7 heteroatoms. The van der Waals surface area contributed by atoms with E-state index in [4.69, 9.17) is 5.73 Å². The lowest BCUT2D eigenvalue weighted by Crippen LogP contribution is -2.44. The highest BCUT2D eigenvalue weighted by Crippen LogP contribution is 2.17. The van der Waals surface area contributed by atoms with Crippen LogP contribution in [0.5, 0.6) is 5.75 Å². The number of nitrogen functional groups attached to an aromatic ring is 1. The second-order valence-corrected chi connectivity index (χ2v) is 6.65. The SMILES string of the molecule is Nc1nc(C(=O)NC2CCN(Cc3cccc(O)c3)CC2)cs1. The zero-order chi connectivity index (χ0) is 16.2. The molecule has 0 unspecified atom stereocenters. The third-order valence-electron chi connectivity index (χ3n) is 3.99. The zero-order valence-electron chi connectivity index (χ0n) is 12.7. The summed E-state index contributed by atoms with van der Waals surface area (Å²) >= 11 is 1.27. The second kappa shape index (κ2) is 6.97. The van der Waals surface area contributed by atoms with Crippen LogP contribution in [0.1, 0.15) is 28.9 Å². The normalized spacial score (nSPS) is 16.3. The van der Waals surface area contributed by atoms with E-state index in [-0.39, 0.29) is 11.9 Å². The molecule has 23 heavy (non-hydrogen) atoms. The summed E-state index contributed by atoms with van der Waals surface area (Å²) in [6, 6.07) is 7.51. The van der Waals surface area contributed by atoms with E-state index in [1.165, 1.54) is 11.3 Å². The first-order valence-corrected chi connectivity index (χ1v) is 8.50. The number of hydrogen-bond donors (Lipinski definition) is 3. The molecule has 0 saturated carbocycles. The Kier molecular flexibility index (Phi) is 4.78. The third-order valence-corrected chi connectivity index (χ3v) is 4.67. The molecule has 0 spiro atoms. The Balaban J connectivity index is 1.47. The van der Waals surface area contributed by atoms with Gasteiger partial charge in [-0.3, -0.25) is 9.69 Å². The quantitative estimate of drug-likeness (QED) is 0.794. The van der Waals surface area contributed by atoms with Gasteiger partial charge in [-0.2, -0.15) is 0 Å². The maximum Gasteiger partial charge on any atom is 0.271 e. The number of nitrogens with two attached hydrogens (primary N) is 1. The fourth-order valence-electron chi connectivity index (χ4n) is 2.80. The topological polar surface area (TPSA) is 91.5 Å². The Labute approximate surface area is 139 Å². The number of carbonyl (C=O) groups is 1. The summed E-state index contributed by atoms with van der Waals surface area (Å²) in [4.78, 5) is 18.4. The first-order chi connectivity index (χ1) is 11.1. The molecule has 2 aromatic rings. The number of phenols is 1. The molecule has 1 aromatic carbocycles. The van der Waals surface area contributed by atoms with Crippen molar-refractivity contribution in [3.63, 3.8) is 0 Å². The van der Waals surface area contributed by atoms with Gasteiger partial charge in [0.25, 0.3) is 5.91 Å². The molecule has 0 atom stereocenters. The number of thiazole rings is 1. The van der Waals surface area contributed by atoms with Crippen LogP contribution in [0.4, 0.5) is 5.13 Å². The molecule has 0 radical (unpaired) electrons. The van der Waals surface area contributed by atoms with Crippen LogP contribution in [0.25, 0.3) is 0 Å². The van der Waals surface area contributed by atoms with Crippen molar-refractivity contribution in [1.82, 2.24) is 15.2 Å². The molecule has 1 amide bonds. The van der Waals surface area contributed by atoms with Gasteiger partial charge in [-0.05, 0) is 30.5 Å². The van der Waals surface area contributed by atoms with Crippen LogP contribution in [0.3, 0.4) is 0 Å². The number of amides is 1. The summed E-state index contributed by atoms with van der Waals surface area (Å²) in [5.41, 5.74) is 7.05. The molecule has 4 N–H and O–H groups in total. The molecule has 1 saturated heterocycles. The Bertz CT molecular complexity index is 680. The largest absolute Gasteiger partial charge is 0.508 e. The van der Waals surface area contributed by atoms with E-state index < -0.39 is 0 Å². The molecular weight excluding hydrogens is 312 g/mol. The van der Waals surface area contributed by atoms with Gasteiger partial charge in [-0.25, -0.2) is 4.98 Å². The molecule has 6 nitrogen and oxygen atoms in total. The van der Waals surface area contributed by atoms with E-state index >= 15 is 0 Å². The van der Waals surface area contributed by atoms with Gasteiger partial charge < -0.3 is 16.2 Å². The van der Waals surface area contributed by atoms with Crippen molar-refractivity contribution in [1.29, 1.82) is 0 Å². The highest BCUT2D eigenvalue weighted by atomic mass is 32.1. The Hall–Kier alpha value is -2.12. The number of phenolic OH excluding ortho intramolecular Hbond substituents is 1. The summed E-state index contributed by atoms with van der Waals surface area (Å²) in [5.74, 6) is 0.150. The number of aromatic hydroxyl groups is 1. The van der Waals surface area contributed by atoms with Gasteiger partial charge in [0.15, 0.2) is 5.13 Å². The molecule has 1 fully saturated rings. The molecule has 0 aliphatic carbocycles. The summed E-state index contributed by atoms with van der Waals surface area (Å²) in [6.07, 6.45) is 1.81. The molecule has 1 aliphatic heterocycles. The first kappa shape index (κ1) is 15.8. The Morgan fingerprint density at radius 2 is 2.22 bits per heavy atom. The number of aromatic nitrogens is 1. The fourth-order valence-corrected chi connectivity index (χ4v) is 3.34. The molecule has 3 rings (SSSR count). The second-order valence-electron chi connectivity index (χ2n) is 5.76. The fraction of sp³-hybridized carbons (Fsp3) is 0.375. The lowest BCUT2D eigenvalue weighted by Gasteiger charge is -2.32. The number of carbonyl (C=O) groups excluding carboxylic acids is 1. The van der Waals surface area contributed by atoms with Crippen LogP contribution < -0.4 is 11.1 Å². The van der Waals surface area contributed by atoms with Crippen LogP contribution in [-0.4, -0.2) is 40.0 Å². The smallest absolute Gasteiger partial charge is 0.271 e. The van der Waals surface area contributed by atoms with Crippen molar-refractivity contribution in [2.75, 3.05) is 18.8 Å². The monoisotopic (exact) mass is 332 g/mol. The summed E-state index contributed by atoms with van der Waals surface area (Å²) in [6.45, 7) is 2.65. The van der Waals surface area contributed by atoms with Crippen LogP contribution in [0.2, 0.25) is 0 Å². The van der Waals surface area contributed by atoms with E-state index in [2.05, 4.69) is 15.2 Å². The molecule has 1 aliphatic rings. The number of hydrogen-bond acceptors (Lipinski definition) is 6. The Morgan fingerprint density at radius 3 is 2.87 bits per heavy atom. The maximum atomic E-state index is 12.1. The zero-order valence-corrected chi connectivity index (χ0v) is 13.6. The summed E-state index contributed by atoms with van der Waals surface area (Å²) in [7, 11) is 0. The maximum absolute atomic E-state index is 12.1. The van der Waals surface area contributed by atoms with Crippen molar-refractivity contribution in [2.24, 2.45) is 0 Å². The minimum atomic E-state index is -0.149. The van der Waals surface area contributed by atoms with Gasteiger partial charge in [0.2, 0.25) is 0 Å². The van der Waals surface area contributed by atoms with E-state index in [1.54, 1.807) is 17.5 Å². The van der Waals surface area contributed by atoms with E-state index in [0.29, 0.717) is 16.6 Å². The number of likely N-dealkylation sites (tertiary alicyclic amines) is 1. The predicted molar refractivity (Wildman–Crippen MR) is 90.4 cm³/mol. The van der Waals surface area contributed by atoms with Gasteiger partial charge >= 0.3 is 0 Å². The van der Waals surface area contributed by atoms with E-state index in [1.807, 2.05) is 12.1 Å². The highest BCUT2D eigenvalue weighted by Gasteiger charge is 2.22. The lowest BCUT2D eigenvalue weighted by atomic mass is 10.0. The molecule has 122 valence electrons. The average molecular weight is 332 g/mol. The number of nitrogens with one attached hydrogen (secondary N) is 1. The van der Waals surface area contributed by atoms with Crippen LogP contribution in [-0.2, 0) is 6.54 Å². The van der Waals surface area contributed by atoms with Gasteiger partial charge in [0.05, 0.1) is 0 Å². The van der Waals surface area contributed by atoms with E-state index in [0.717, 1.165) is 38.0 Å². The minimum absolute atomic E-state index is 0.149. The van der Waals surface area contributed by atoms with Gasteiger partial charge in [0.1, 0.15) is 11.4 Å². The molecule has 0 bridgehead atoms. The number of benzene rings is 1. The number of anilines is 1. The number of nitrogens with zero attached hydrogens (tertiary/aromatic N) is 2. The van der Waals surface area contributed by atoms with Crippen molar-refractivity contribution in [3.05, 3.63) is 40.9 Å². The van der Waals surface area contributed by atoms with Crippen molar-refractivity contribution < 1.29 is 9.90 Å². The predicted octanol–water partition coefficient (Wildman–Crippen LogP) is 1.83. The van der Waals surface area contributed by atoms with Crippen LogP contribution in [0.15, 0.2) is 29.6 Å². The van der Waals surface area contributed by atoms with E-state index in [9.17, 15) is 9.90 Å². The molecule has 1 aromatic heterocycles. The average Bonchev–Trinajstić information content (AvgIpc) is 2.96. The molecule has 2 heterocycles.